The number of rotatable bonds is 2. The number of sulfonamides is 1. The molecule has 5 nitrogen and oxygen atoms in total. The van der Waals surface area contributed by atoms with E-state index in [4.69, 9.17) is 5.14 Å². The van der Waals surface area contributed by atoms with E-state index in [9.17, 15) is 26.4 Å². The summed E-state index contributed by atoms with van der Waals surface area (Å²) in [7, 11) is -3.88. The Hall–Kier alpha value is -1.13. The number of amides is 1. The van der Waals surface area contributed by atoms with Crippen LogP contribution in [0.5, 0.6) is 0 Å². The molecule has 118 valence electrons. The molecule has 0 radical (unpaired) electrons. The molecule has 10 heteroatoms. The molecule has 2 rings (SSSR count). The van der Waals surface area contributed by atoms with Crippen LogP contribution in [-0.2, 0) is 10.0 Å². The van der Waals surface area contributed by atoms with Crippen LogP contribution in [0.2, 0.25) is 0 Å². The number of nitrogens with two attached hydrogens (primary N) is 1. The second kappa shape index (κ2) is 5.58. The lowest BCUT2D eigenvalue weighted by molar-refractivity contribution is -0.183. The molecule has 1 amide bonds. The largest absolute Gasteiger partial charge is 0.391 e. The van der Waals surface area contributed by atoms with E-state index in [2.05, 4.69) is 0 Å². The van der Waals surface area contributed by atoms with Gasteiger partial charge in [-0.15, -0.1) is 11.3 Å². The number of hydrogen-bond acceptors (Lipinski definition) is 4. The third-order valence-electron chi connectivity index (χ3n) is 3.35. The zero-order valence-corrected chi connectivity index (χ0v) is 12.4. The number of hydrogen-bond donors (Lipinski definition) is 1. The van der Waals surface area contributed by atoms with Crippen LogP contribution in [0, 0.1) is 5.92 Å². The molecule has 1 fully saturated rings. The Morgan fingerprint density at radius 3 is 2.33 bits per heavy atom. The van der Waals surface area contributed by atoms with Crippen LogP contribution in [0.3, 0.4) is 0 Å². The normalized spacial score (nSPS) is 18.0. The lowest BCUT2D eigenvalue weighted by Gasteiger charge is -2.32. The fraction of sp³-hybridized carbons (Fsp3) is 0.545. The van der Waals surface area contributed by atoms with Crippen molar-refractivity contribution in [1.82, 2.24) is 4.90 Å². The molecule has 1 aromatic rings. The van der Waals surface area contributed by atoms with Gasteiger partial charge in [-0.2, -0.15) is 13.2 Å². The number of halogens is 3. The van der Waals surface area contributed by atoms with Crippen LogP contribution in [-0.4, -0.2) is 38.5 Å². The first kappa shape index (κ1) is 16.2. The van der Waals surface area contributed by atoms with E-state index < -0.39 is 28.0 Å². The first-order valence-corrected chi connectivity index (χ1v) is 8.49. The third kappa shape index (κ3) is 3.74. The molecule has 1 aromatic heterocycles. The van der Waals surface area contributed by atoms with Crippen molar-refractivity contribution in [2.24, 2.45) is 11.1 Å². The maximum Gasteiger partial charge on any atom is 0.391 e. The lowest BCUT2D eigenvalue weighted by atomic mass is 9.96. The summed E-state index contributed by atoms with van der Waals surface area (Å²) >= 11 is 0.813. The summed E-state index contributed by atoms with van der Waals surface area (Å²) in [5.41, 5.74) is 0.134. The van der Waals surface area contributed by atoms with Gasteiger partial charge in [0, 0.05) is 18.5 Å². The van der Waals surface area contributed by atoms with Gasteiger partial charge in [-0.25, -0.2) is 13.6 Å². The van der Waals surface area contributed by atoms with Gasteiger partial charge in [0.15, 0.2) is 0 Å². The van der Waals surface area contributed by atoms with Gasteiger partial charge in [-0.1, -0.05) is 0 Å². The third-order valence-corrected chi connectivity index (χ3v) is 5.73. The summed E-state index contributed by atoms with van der Waals surface area (Å²) in [4.78, 5) is 13.4. The number of thiophene rings is 1. The Balaban J connectivity index is 2.04. The zero-order valence-electron chi connectivity index (χ0n) is 10.8. The molecule has 1 aliphatic rings. The highest BCUT2D eigenvalue weighted by atomic mass is 32.2. The fourth-order valence-corrected chi connectivity index (χ4v) is 3.75. The quantitative estimate of drug-likeness (QED) is 0.890. The Kier molecular flexibility index (Phi) is 4.31. The van der Waals surface area contributed by atoms with Crippen molar-refractivity contribution in [3.63, 3.8) is 0 Å². The van der Waals surface area contributed by atoms with Gasteiger partial charge in [0.05, 0.1) is 11.5 Å². The van der Waals surface area contributed by atoms with Crippen molar-refractivity contribution in [3.8, 4) is 0 Å². The molecule has 1 aliphatic heterocycles. The minimum Gasteiger partial charge on any atom is -0.339 e. The van der Waals surface area contributed by atoms with Crippen molar-refractivity contribution in [2.45, 2.75) is 23.2 Å². The van der Waals surface area contributed by atoms with E-state index in [-0.39, 0.29) is 35.7 Å². The van der Waals surface area contributed by atoms with Crippen LogP contribution in [0.4, 0.5) is 13.2 Å². The Morgan fingerprint density at radius 2 is 1.90 bits per heavy atom. The Bertz CT molecular complexity index is 631. The zero-order chi connectivity index (χ0) is 15.8. The summed E-state index contributed by atoms with van der Waals surface area (Å²) in [6.07, 6.45) is -4.51. The van der Waals surface area contributed by atoms with Gasteiger partial charge < -0.3 is 4.90 Å². The van der Waals surface area contributed by atoms with Gasteiger partial charge in [-0.3, -0.25) is 4.79 Å². The van der Waals surface area contributed by atoms with Crippen LogP contribution < -0.4 is 5.14 Å². The molecule has 0 aliphatic carbocycles. The topological polar surface area (TPSA) is 80.5 Å². The number of piperidine rings is 1. The van der Waals surface area contributed by atoms with Crippen molar-refractivity contribution >= 4 is 27.3 Å². The maximum atomic E-state index is 12.5. The Labute approximate surface area is 123 Å². The van der Waals surface area contributed by atoms with Crippen LogP contribution in [0.25, 0.3) is 0 Å². The highest BCUT2D eigenvalue weighted by molar-refractivity contribution is 7.91. The van der Waals surface area contributed by atoms with Gasteiger partial charge in [0.2, 0.25) is 10.0 Å². The molecule has 0 saturated carbocycles. The van der Waals surface area contributed by atoms with Crippen LogP contribution in [0.1, 0.15) is 23.2 Å². The number of carbonyl (C=O) groups is 1. The summed E-state index contributed by atoms with van der Waals surface area (Å²) in [6.45, 7) is 0.00707. The van der Waals surface area contributed by atoms with E-state index in [1.807, 2.05) is 0 Å². The number of alkyl halides is 3. The molecular weight excluding hydrogens is 329 g/mol. The standard InChI is InChI=1S/C11H13F3N2O3S2/c12-11(13,14)8-1-3-16(4-2-8)10(17)7-5-9(20-6-7)21(15,18)19/h5-6,8H,1-4H2,(H2,15,18,19). The molecule has 2 N–H and O–H groups in total. The van der Waals surface area contributed by atoms with E-state index in [1.165, 1.54) is 10.3 Å². The molecule has 0 atom stereocenters. The van der Waals surface area contributed by atoms with E-state index in [0.717, 1.165) is 17.4 Å². The van der Waals surface area contributed by atoms with Crippen molar-refractivity contribution in [3.05, 3.63) is 17.0 Å². The van der Waals surface area contributed by atoms with Crippen molar-refractivity contribution in [1.29, 1.82) is 0 Å². The number of nitrogens with zero attached hydrogens (tertiary/aromatic N) is 1. The van der Waals surface area contributed by atoms with Crippen LogP contribution in [0.15, 0.2) is 15.7 Å². The molecule has 0 aromatic carbocycles. The SMILES string of the molecule is NS(=O)(=O)c1cc(C(=O)N2CCC(C(F)(F)F)CC2)cs1. The first-order chi connectivity index (χ1) is 9.59. The van der Waals surface area contributed by atoms with Gasteiger partial charge in [-0.05, 0) is 18.9 Å². The number of primary sulfonamides is 1. The fourth-order valence-electron chi connectivity index (χ4n) is 2.17. The Morgan fingerprint density at radius 1 is 1.33 bits per heavy atom. The molecular formula is C11H13F3N2O3S2. The highest BCUT2D eigenvalue weighted by Crippen LogP contribution is 2.34. The van der Waals surface area contributed by atoms with E-state index in [0.29, 0.717) is 0 Å². The van der Waals surface area contributed by atoms with E-state index >= 15 is 0 Å². The predicted octanol–water partition coefficient (Wildman–Crippen LogP) is 1.81. The maximum absolute atomic E-state index is 12.5. The predicted molar refractivity (Wildman–Crippen MR) is 70.4 cm³/mol. The lowest BCUT2D eigenvalue weighted by Crippen LogP contribution is -2.42. The van der Waals surface area contributed by atoms with E-state index in [1.54, 1.807) is 0 Å². The smallest absolute Gasteiger partial charge is 0.339 e. The summed E-state index contributed by atoms with van der Waals surface area (Å²) in [5.74, 6) is -1.86. The highest BCUT2D eigenvalue weighted by Gasteiger charge is 2.41. The van der Waals surface area contributed by atoms with Gasteiger partial charge >= 0.3 is 6.18 Å². The summed E-state index contributed by atoms with van der Waals surface area (Å²) in [6, 6.07) is 1.15. The minimum atomic E-state index is -4.24. The van der Waals surface area contributed by atoms with Gasteiger partial charge in [0.25, 0.3) is 5.91 Å². The number of carbonyl (C=O) groups excluding carboxylic acids is 1. The number of likely N-dealkylation sites (tertiary alicyclic amines) is 1. The van der Waals surface area contributed by atoms with Crippen molar-refractivity contribution < 1.29 is 26.4 Å². The van der Waals surface area contributed by atoms with Crippen LogP contribution >= 0.6 is 11.3 Å². The summed E-state index contributed by atoms with van der Waals surface area (Å²) < 4.78 is 59.8. The monoisotopic (exact) mass is 342 g/mol. The second-order valence-electron chi connectivity index (χ2n) is 4.81. The van der Waals surface area contributed by atoms with Crippen molar-refractivity contribution in [2.75, 3.05) is 13.1 Å². The molecule has 0 bridgehead atoms. The molecule has 0 spiro atoms. The molecule has 2 heterocycles. The minimum absolute atomic E-state index is 0.00354. The summed E-state index contributed by atoms with van der Waals surface area (Å²) in [5, 5.41) is 6.29. The average molecular weight is 342 g/mol. The molecule has 21 heavy (non-hydrogen) atoms. The second-order valence-corrected chi connectivity index (χ2v) is 7.51. The molecule has 1 saturated heterocycles. The van der Waals surface area contributed by atoms with Gasteiger partial charge in [0.1, 0.15) is 4.21 Å². The average Bonchev–Trinajstić information content (AvgIpc) is 2.86. The molecule has 0 unspecified atom stereocenters. The first-order valence-electron chi connectivity index (χ1n) is 6.06.